The third-order valence-corrected chi connectivity index (χ3v) is 5.40. The number of nitrogens with zero attached hydrogens (tertiary/aromatic N) is 1. The summed E-state index contributed by atoms with van der Waals surface area (Å²) in [6, 6.07) is 11.5. The van der Waals surface area contributed by atoms with Crippen LogP contribution in [0, 0.1) is 0 Å². The van der Waals surface area contributed by atoms with Crippen LogP contribution in [0.3, 0.4) is 0 Å². The molecule has 1 saturated heterocycles. The minimum atomic E-state index is -0.0648. The first-order valence-corrected chi connectivity index (χ1v) is 9.37. The Kier molecular flexibility index (Phi) is 6.07. The van der Waals surface area contributed by atoms with Crippen molar-refractivity contribution in [1.82, 2.24) is 10.2 Å². The number of thiophene rings is 1. The molecule has 1 N–H and O–H groups in total. The van der Waals surface area contributed by atoms with Crippen LogP contribution in [-0.4, -0.2) is 50.3 Å². The minimum Gasteiger partial charge on any atom is -0.497 e. The first-order valence-electron chi connectivity index (χ1n) is 8.49. The average Bonchev–Trinajstić information content (AvgIpc) is 3.17. The molecule has 2 aromatic rings. The molecule has 1 fully saturated rings. The zero-order valence-corrected chi connectivity index (χ0v) is 15.4. The molecule has 0 unspecified atom stereocenters. The van der Waals surface area contributed by atoms with Crippen molar-refractivity contribution >= 4 is 17.2 Å². The number of morpholine rings is 1. The standard InChI is InChI=1S/C19H24N2O3S/c1-14(20-19(22)15-5-7-16(23-2)8-6-15)18(17-4-3-13-25-17)21-9-11-24-12-10-21/h3-8,13-14,18H,9-12H2,1-2H3,(H,20,22)/t14-,18-/m0/s1. The van der Waals surface area contributed by atoms with Crippen molar-refractivity contribution in [2.45, 2.75) is 19.0 Å². The molecule has 1 aromatic heterocycles. The van der Waals surface area contributed by atoms with Crippen LogP contribution in [0.25, 0.3) is 0 Å². The van der Waals surface area contributed by atoms with E-state index in [1.807, 2.05) is 0 Å². The van der Waals surface area contributed by atoms with Gasteiger partial charge in [0, 0.05) is 29.6 Å². The molecule has 0 saturated carbocycles. The predicted octanol–water partition coefficient (Wildman–Crippen LogP) is 2.95. The topological polar surface area (TPSA) is 50.8 Å². The summed E-state index contributed by atoms with van der Waals surface area (Å²) >= 11 is 1.73. The maximum atomic E-state index is 12.6. The molecule has 0 bridgehead atoms. The van der Waals surface area contributed by atoms with E-state index in [1.54, 1.807) is 42.7 Å². The van der Waals surface area contributed by atoms with Gasteiger partial charge in [0.05, 0.1) is 26.4 Å². The number of nitrogens with one attached hydrogen (secondary N) is 1. The lowest BCUT2D eigenvalue weighted by Crippen LogP contribution is -2.48. The van der Waals surface area contributed by atoms with Gasteiger partial charge in [-0.15, -0.1) is 11.3 Å². The summed E-state index contributed by atoms with van der Waals surface area (Å²) in [5.41, 5.74) is 0.638. The smallest absolute Gasteiger partial charge is 0.251 e. The second kappa shape index (κ2) is 8.47. The van der Waals surface area contributed by atoms with Crippen molar-refractivity contribution in [3.05, 3.63) is 52.2 Å². The van der Waals surface area contributed by atoms with E-state index in [2.05, 4.69) is 34.7 Å². The number of ether oxygens (including phenoxy) is 2. The van der Waals surface area contributed by atoms with Gasteiger partial charge in [0.25, 0.3) is 5.91 Å². The molecule has 0 radical (unpaired) electrons. The predicted molar refractivity (Wildman–Crippen MR) is 99.4 cm³/mol. The number of rotatable bonds is 6. The minimum absolute atomic E-state index is 0.00801. The van der Waals surface area contributed by atoms with Gasteiger partial charge in [-0.3, -0.25) is 9.69 Å². The zero-order chi connectivity index (χ0) is 17.6. The van der Waals surface area contributed by atoms with E-state index in [9.17, 15) is 4.79 Å². The number of benzene rings is 1. The second-order valence-electron chi connectivity index (χ2n) is 6.10. The summed E-state index contributed by atoms with van der Waals surface area (Å²) in [6.07, 6.45) is 0. The maximum absolute atomic E-state index is 12.6. The molecule has 5 nitrogen and oxygen atoms in total. The number of hydrogen-bond donors (Lipinski definition) is 1. The van der Waals surface area contributed by atoms with E-state index in [1.165, 1.54) is 4.88 Å². The van der Waals surface area contributed by atoms with Gasteiger partial charge in [-0.25, -0.2) is 0 Å². The summed E-state index contributed by atoms with van der Waals surface area (Å²) in [5.74, 6) is 0.680. The summed E-state index contributed by atoms with van der Waals surface area (Å²) < 4.78 is 10.6. The third-order valence-electron chi connectivity index (χ3n) is 4.46. The van der Waals surface area contributed by atoms with E-state index in [4.69, 9.17) is 9.47 Å². The molecule has 1 amide bonds. The Bertz CT molecular complexity index is 666. The van der Waals surface area contributed by atoms with Crippen LogP contribution in [0.15, 0.2) is 41.8 Å². The molecule has 2 atom stereocenters. The van der Waals surface area contributed by atoms with Gasteiger partial charge in [0.2, 0.25) is 0 Å². The van der Waals surface area contributed by atoms with E-state index < -0.39 is 0 Å². The zero-order valence-electron chi connectivity index (χ0n) is 14.6. The van der Waals surface area contributed by atoms with Crippen LogP contribution in [0.2, 0.25) is 0 Å². The van der Waals surface area contributed by atoms with Crippen molar-refractivity contribution in [3.8, 4) is 5.75 Å². The van der Waals surface area contributed by atoms with Crippen molar-refractivity contribution in [2.24, 2.45) is 0 Å². The van der Waals surface area contributed by atoms with Crippen LogP contribution < -0.4 is 10.1 Å². The molecule has 25 heavy (non-hydrogen) atoms. The van der Waals surface area contributed by atoms with E-state index in [0.29, 0.717) is 5.56 Å². The van der Waals surface area contributed by atoms with Gasteiger partial charge >= 0.3 is 0 Å². The highest BCUT2D eigenvalue weighted by atomic mass is 32.1. The highest BCUT2D eigenvalue weighted by Crippen LogP contribution is 2.29. The normalized spacial score (nSPS) is 17.7. The number of carbonyl (C=O) groups is 1. The molecule has 0 spiro atoms. The van der Waals surface area contributed by atoms with Gasteiger partial charge in [0.1, 0.15) is 5.75 Å². The van der Waals surface area contributed by atoms with Gasteiger partial charge < -0.3 is 14.8 Å². The molecule has 1 aliphatic rings. The first kappa shape index (κ1) is 17.9. The summed E-state index contributed by atoms with van der Waals surface area (Å²) in [4.78, 5) is 16.3. The molecule has 134 valence electrons. The quantitative estimate of drug-likeness (QED) is 0.861. The molecular weight excluding hydrogens is 336 g/mol. The highest BCUT2D eigenvalue weighted by molar-refractivity contribution is 7.10. The Morgan fingerprint density at radius 2 is 1.96 bits per heavy atom. The fraction of sp³-hybridized carbons (Fsp3) is 0.421. The SMILES string of the molecule is COc1ccc(C(=O)N[C@@H](C)[C@@H](c2cccs2)N2CCOCC2)cc1. The van der Waals surface area contributed by atoms with Crippen LogP contribution in [0.5, 0.6) is 5.75 Å². The Labute approximate surface area is 152 Å². The number of carbonyl (C=O) groups excluding carboxylic acids is 1. The number of amides is 1. The highest BCUT2D eigenvalue weighted by Gasteiger charge is 2.29. The molecule has 0 aliphatic carbocycles. The molecule has 2 heterocycles. The fourth-order valence-electron chi connectivity index (χ4n) is 3.17. The number of hydrogen-bond acceptors (Lipinski definition) is 5. The molecule has 1 aromatic carbocycles. The number of methoxy groups -OCH3 is 1. The lowest BCUT2D eigenvalue weighted by molar-refractivity contribution is 0.00969. The van der Waals surface area contributed by atoms with Gasteiger partial charge in [-0.1, -0.05) is 6.07 Å². The van der Waals surface area contributed by atoms with Crippen molar-refractivity contribution in [1.29, 1.82) is 0 Å². The van der Waals surface area contributed by atoms with E-state index in [0.717, 1.165) is 32.1 Å². The Morgan fingerprint density at radius 3 is 2.56 bits per heavy atom. The first-order chi connectivity index (χ1) is 12.2. The Hall–Kier alpha value is -1.89. The monoisotopic (exact) mass is 360 g/mol. The Balaban J connectivity index is 1.72. The molecular formula is C19H24N2O3S. The van der Waals surface area contributed by atoms with Crippen LogP contribution in [0.1, 0.15) is 28.2 Å². The lowest BCUT2D eigenvalue weighted by atomic mass is 10.0. The summed E-state index contributed by atoms with van der Waals surface area (Å²) in [6.45, 7) is 5.31. The van der Waals surface area contributed by atoms with Gasteiger partial charge in [-0.2, -0.15) is 0 Å². The van der Waals surface area contributed by atoms with Crippen molar-refractivity contribution in [2.75, 3.05) is 33.4 Å². The van der Waals surface area contributed by atoms with Gasteiger partial charge in [-0.05, 0) is 42.6 Å². The second-order valence-corrected chi connectivity index (χ2v) is 7.08. The van der Waals surface area contributed by atoms with Gasteiger partial charge in [0.15, 0.2) is 0 Å². The molecule has 1 aliphatic heterocycles. The van der Waals surface area contributed by atoms with E-state index >= 15 is 0 Å². The fourth-order valence-corrected chi connectivity index (χ4v) is 4.13. The van der Waals surface area contributed by atoms with E-state index in [-0.39, 0.29) is 18.0 Å². The molecule has 6 heteroatoms. The van der Waals surface area contributed by atoms with Crippen molar-refractivity contribution in [3.63, 3.8) is 0 Å². The van der Waals surface area contributed by atoms with Crippen LogP contribution in [0.4, 0.5) is 0 Å². The van der Waals surface area contributed by atoms with Crippen molar-refractivity contribution < 1.29 is 14.3 Å². The lowest BCUT2D eigenvalue weighted by Gasteiger charge is -2.37. The summed E-state index contributed by atoms with van der Waals surface area (Å²) in [7, 11) is 1.62. The molecule has 3 rings (SSSR count). The largest absolute Gasteiger partial charge is 0.497 e. The summed E-state index contributed by atoms with van der Waals surface area (Å²) in [5, 5.41) is 5.25. The third kappa shape index (κ3) is 4.39. The van der Waals surface area contributed by atoms with Crippen LogP contribution in [-0.2, 0) is 4.74 Å². The average molecular weight is 360 g/mol. The Morgan fingerprint density at radius 1 is 1.24 bits per heavy atom. The van der Waals surface area contributed by atoms with Crippen LogP contribution >= 0.6 is 11.3 Å². The maximum Gasteiger partial charge on any atom is 0.251 e.